The van der Waals surface area contributed by atoms with Crippen molar-refractivity contribution in [2.75, 3.05) is 18.1 Å². The maximum atomic E-state index is 8.85. The van der Waals surface area contributed by atoms with E-state index < -0.39 is 5.54 Å². The van der Waals surface area contributed by atoms with Crippen molar-refractivity contribution >= 4 is 17.3 Å². The van der Waals surface area contributed by atoms with Crippen LogP contribution in [-0.4, -0.2) is 46.1 Å². The number of hydrogen-bond acceptors (Lipinski definition) is 9. The molecule has 39 heavy (non-hydrogen) atoms. The molecule has 0 aliphatic heterocycles. The van der Waals surface area contributed by atoms with Crippen molar-refractivity contribution in [1.82, 2.24) is 34.3 Å². The molecule has 0 unspecified atom stereocenters. The number of nitrogen functional groups attached to an aromatic ring is 2. The summed E-state index contributed by atoms with van der Waals surface area (Å²) >= 11 is 0. The smallest absolute Gasteiger partial charge is 0.219 e. The van der Waals surface area contributed by atoms with Gasteiger partial charge in [0.1, 0.15) is 11.8 Å². The van der Waals surface area contributed by atoms with Crippen LogP contribution in [0.4, 0.5) is 11.8 Å². The van der Waals surface area contributed by atoms with Crippen LogP contribution in [0.5, 0.6) is 0 Å². The summed E-state index contributed by atoms with van der Waals surface area (Å²) in [7, 11) is 0. The van der Waals surface area contributed by atoms with Crippen molar-refractivity contribution in [3.05, 3.63) is 84.3 Å². The summed E-state index contributed by atoms with van der Waals surface area (Å²) in [6, 6.07) is 10.0. The number of aromatic nitrogens is 7. The van der Waals surface area contributed by atoms with E-state index >= 15 is 0 Å². The highest BCUT2D eigenvalue weighted by molar-refractivity contribution is 5.75. The van der Waals surface area contributed by atoms with E-state index in [9.17, 15) is 0 Å². The molecule has 1 atom stereocenters. The molecule has 5 rings (SSSR count). The number of aliphatic hydroxyl groups excluding tert-OH is 1. The van der Waals surface area contributed by atoms with Crippen molar-refractivity contribution in [2.24, 2.45) is 5.73 Å². The highest BCUT2D eigenvalue weighted by Gasteiger charge is 2.24. The summed E-state index contributed by atoms with van der Waals surface area (Å²) < 4.78 is 3.37. The molecule has 1 aromatic carbocycles. The standard InChI is InChI=1S/C13H16N4.C11H12N6O.2C2H6/c1-9-3-5-10(6-4-9)13(2,15)11-7-16-12(14)17-8-11;12-11-10-3-8(6-17(10)15-7-13-11)9-4-14-16(5-9)1-2-18;2*1-2/h3-8H,15H2,1-2H3,(H2,14,16,17);3-7,18H,1-2H2,(H2,12,13,15);2*1-2H3/t13-;;;/m0.../s1. The Morgan fingerprint density at radius 2 is 1.49 bits per heavy atom. The molecule has 11 nitrogen and oxygen atoms in total. The van der Waals surface area contributed by atoms with Crippen LogP contribution in [0.3, 0.4) is 0 Å². The average Bonchev–Trinajstić information content (AvgIpc) is 3.60. The molecule has 0 radical (unpaired) electrons. The van der Waals surface area contributed by atoms with Gasteiger partial charge < -0.3 is 22.3 Å². The zero-order chi connectivity index (χ0) is 29.0. The molecule has 0 saturated carbocycles. The van der Waals surface area contributed by atoms with Gasteiger partial charge >= 0.3 is 0 Å². The van der Waals surface area contributed by atoms with Crippen LogP contribution in [0.1, 0.15) is 51.3 Å². The van der Waals surface area contributed by atoms with Crippen molar-refractivity contribution in [3.63, 3.8) is 0 Å². The third-order valence-electron chi connectivity index (χ3n) is 5.65. The van der Waals surface area contributed by atoms with Crippen LogP contribution >= 0.6 is 0 Å². The predicted molar refractivity (Wildman–Crippen MR) is 157 cm³/mol. The fraction of sp³-hybridized carbons (Fsp3) is 0.321. The van der Waals surface area contributed by atoms with Gasteiger partial charge in [0.2, 0.25) is 5.95 Å². The van der Waals surface area contributed by atoms with Crippen LogP contribution in [0.25, 0.3) is 16.6 Å². The Labute approximate surface area is 229 Å². The van der Waals surface area contributed by atoms with Gasteiger partial charge in [0.05, 0.1) is 24.9 Å². The minimum absolute atomic E-state index is 0.0667. The second kappa shape index (κ2) is 14.6. The maximum absolute atomic E-state index is 8.85. The van der Waals surface area contributed by atoms with Crippen LogP contribution in [0.15, 0.2) is 67.6 Å². The number of nitrogens with two attached hydrogens (primary N) is 3. The van der Waals surface area contributed by atoms with E-state index in [4.69, 9.17) is 22.3 Å². The number of aryl methyl sites for hydroxylation is 1. The van der Waals surface area contributed by atoms with E-state index in [1.165, 1.54) is 11.9 Å². The Kier molecular flexibility index (Phi) is 11.5. The summed E-state index contributed by atoms with van der Waals surface area (Å²) in [6.07, 6.45) is 10.2. The molecule has 0 aliphatic carbocycles. The molecule has 4 heterocycles. The molecule has 11 heteroatoms. The molecular weight excluding hydrogens is 492 g/mol. The lowest BCUT2D eigenvalue weighted by molar-refractivity contribution is 0.269. The zero-order valence-corrected chi connectivity index (χ0v) is 23.6. The molecule has 7 N–H and O–H groups in total. The summed E-state index contributed by atoms with van der Waals surface area (Å²) in [4.78, 5) is 11.9. The molecule has 5 aromatic rings. The van der Waals surface area contributed by atoms with Gasteiger partial charge in [-0.25, -0.2) is 19.5 Å². The second-order valence-electron chi connectivity index (χ2n) is 8.32. The number of nitrogens with zero attached hydrogens (tertiary/aromatic N) is 7. The molecule has 0 bridgehead atoms. The molecule has 0 amide bonds. The van der Waals surface area contributed by atoms with Gasteiger partial charge in [-0.1, -0.05) is 57.5 Å². The number of hydrogen-bond donors (Lipinski definition) is 4. The fourth-order valence-electron chi connectivity index (χ4n) is 3.52. The largest absolute Gasteiger partial charge is 0.394 e. The minimum atomic E-state index is -0.610. The highest BCUT2D eigenvalue weighted by Crippen LogP contribution is 2.26. The first-order chi connectivity index (χ1) is 18.8. The van der Waals surface area contributed by atoms with Gasteiger partial charge in [-0.3, -0.25) is 4.68 Å². The van der Waals surface area contributed by atoms with Gasteiger partial charge in [-0.15, -0.1) is 0 Å². The third-order valence-corrected chi connectivity index (χ3v) is 5.65. The Hall–Kier alpha value is -4.35. The normalized spacial score (nSPS) is 11.7. The lowest BCUT2D eigenvalue weighted by atomic mass is 9.87. The maximum Gasteiger partial charge on any atom is 0.219 e. The number of aliphatic hydroxyl groups is 1. The minimum Gasteiger partial charge on any atom is -0.394 e. The van der Waals surface area contributed by atoms with E-state index in [0.717, 1.165) is 27.8 Å². The SMILES string of the molecule is CC.CC.Cc1ccc([C@](C)(N)c2cnc(N)nc2)cc1.Nc1ncnn2cc(-c3cnn(CCO)c3)cc12. The van der Waals surface area contributed by atoms with E-state index in [0.29, 0.717) is 12.4 Å². The fourth-order valence-corrected chi connectivity index (χ4v) is 3.52. The van der Waals surface area contributed by atoms with Crippen molar-refractivity contribution in [3.8, 4) is 11.1 Å². The van der Waals surface area contributed by atoms with Crippen molar-refractivity contribution in [1.29, 1.82) is 0 Å². The first-order valence-electron chi connectivity index (χ1n) is 12.9. The summed E-state index contributed by atoms with van der Waals surface area (Å²) in [6.45, 7) is 12.5. The van der Waals surface area contributed by atoms with Crippen molar-refractivity contribution < 1.29 is 5.11 Å². The van der Waals surface area contributed by atoms with Gasteiger partial charge in [0.15, 0.2) is 5.82 Å². The lowest BCUT2D eigenvalue weighted by Crippen LogP contribution is -2.34. The summed E-state index contributed by atoms with van der Waals surface area (Å²) in [5.74, 6) is 0.701. The first kappa shape index (κ1) is 30.9. The van der Waals surface area contributed by atoms with Gasteiger partial charge in [0, 0.05) is 41.5 Å². The summed E-state index contributed by atoms with van der Waals surface area (Å²) in [5, 5.41) is 17.1. The lowest BCUT2D eigenvalue weighted by Gasteiger charge is -2.25. The zero-order valence-electron chi connectivity index (χ0n) is 23.6. The van der Waals surface area contributed by atoms with E-state index in [2.05, 4.69) is 25.1 Å². The Morgan fingerprint density at radius 1 is 0.846 bits per heavy atom. The average molecular weight is 533 g/mol. The van der Waals surface area contributed by atoms with Crippen LogP contribution in [-0.2, 0) is 12.1 Å². The van der Waals surface area contributed by atoms with E-state index in [1.807, 2.05) is 84.3 Å². The number of fused-ring (bicyclic) bond motifs is 1. The van der Waals surface area contributed by atoms with E-state index in [1.54, 1.807) is 27.8 Å². The molecule has 0 fully saturated rings. The molecular formula is C28H40N10O. The van der Waals surface area contributed by atoms with Crippen LogP contribution in [0.2, 0.25) is 0 Å². The highest BCUT2D eigenvalue weighted by atomic mass is 16.3. The number of rotatable bonds is 5. The molecule has 0 saturated heterocycles. The van der Waals surface area contributed by atoms with Crippen molar-refractivity contribution in [2.45, 2.75) is 53.6 Å². The quantitative estimate of drug-likeness (QED) is 0.262. The topological polar surface area (TPSA) is 172 Å². The van der Waals surface area contributed by atoms with Crippen LogP contribution in [0, 0.1) is 6.92 Å². The molecule has 208 valence electrons. The second-order valence-corrected chi connectivity index (χ2v) is 8.32. The first-order valence-corrected chi connectivity index (χ1v) is 12.9. The van der Waals surface area contributed by atoms with E-state index in [-0.39, 0.29) is 12.6 Å². The summed E-state index contributed by atoms with van der Waals surface area (Å²) in [5.41, 5.74) is 22.7. The van der Waals surface area contributed by atoms with Gasteiger partial charge in [-0.05, 0) is 25.5 Å². The van der Waals surface area contributed by atoms with Gasteiger partial charge in [0.25, 0.3) is 0 Å². The third kappa shape index (κ3) is 7.82. The Morgan fingerprint density at radius 3 is 2.08 bits per heavy atom. The predicted octanol–water partition coefficient (Wildman–Crippen LogP) is 3.81. The number of benzene rings is 1. The molecule has 0 spiro atoms. The molecule has 4 aromatic heterocycles. The van der Waals surface area contributed by atoms with Gasteiger partial charge in [-0.2, -0.15) is 10.2 Å². The number of anilines is 2. The monoisotopic (exact) mass is 532 g/mol. The van der Waals surface area contributed by atoms with Crippen LogP contribution < -0.4 is 17.2 Å². The molecule has 0 aliphatic rings. The Bertz CT molecular complexity index is 1360. The Balaban J connectivity index is 0.000000243.